The largest absolute Gasteiger partial charge is 0.481 e. The topological polar surface area (TPSA) is 66.8 Å². The highest BCUT2D eigenvalue weighted by Gasteiger charge is 2.29. The van der Waals surface area contributed by atoms with Gasteiger partial charge in [0, 0.05) is 13.1 Å². The average Bonchev–Trinajstić information content (AvgIpc) is 2.92. The lowest BCUT2D eigenvalue weighted by Crippen LogP contribution is -2.39. The molecule has 17 heavy (non-hydrogen) atoms. The van der Waals surface area contributed by atoms with E-state index in [0.717, 1.165) is 12.8 Å². The predicted octanol–water partition coefficient (Wildman–Crippen LogP) is 2.11. The van der Waals surface area contributed by atoms with Gasteiger partial charge in [-0.2, -0.15) is 0 Å². The molecular formula is C12H21NO4. The molecule has 98 valence electrons. The summed E-state index contributed by atoms with van der Waals surface area (Å²) in [4.78, 5) is 23.9. The Morgan fingerprint density at radius 1 is 1.35 bits per heavy atom. The molecule has 0 aromatic rings. The number of aliphatic carboxylic acids is 1. The fourth-order valence-corrected chi connectivity index (χ4v) is 1.43. The number of amides is 1. The van der Waals surface area contributed by atoms with Crippen molar-refractivity contribution in [1.29, 1.82) is 0 Å². The first-order valence-electron chi connectivity index (χ1n) is 5.97. The highest BCUT2D eigenvalue weighted by atomic mass is 16.6. The van der Waals surface area contributed by atoms with Gasteiger partial charge in [-0.05, 0) is 39.5 Å². The number of carbonyl (C=O) groups excluding carboxylic acids is 1. The van der Waals surface area contributed by atoms with Crippen LogP contribution in [0.15, 0.2) is 0 Å². The van der Waals surface area contributed by atoms with Crippen LogP contribution in [0.4, 0.5) is 4.79 Å². The maximum absolute atomic E-state index is 11.8. The molecular weight excluding hydrogens is 222 g/mol. The summed E-state index contributed by atoms with van der Waals surface area (Å²) < 4.78 is 5.25. The van der Waals surface area contributed by atoms with Gasteiger partial charge >= 0.3 is 12.1 Å². The predicted molar refractivity (Wildman–Crippen MR) is 62.8 cm³/mol. The molecule has 0 aromatic carbocycles. The van der Waals surface area contributed by atoms with Crippen molar-refractivity contribution >= 4 is 12.1 Å². The summed E-state index contributed by atoms with van der Waals surface area (Å²) in [5.41, 5.74) is -0.540. The van der Waals surface area contributed by atoms with Gasteiger partial charge in [0.1, 0.15) is 5.60 Å². The van der Waals surface area contributed by atoms with E-state index >= 15 is 0 Å². The molecule has 1 fully saturated rings. The highest BCUT2D eigenvalue weighted by Crippen LogP contribution is 2.30. The van der Waals surface area contributed by atoms with Crippen molar-refractivity contribution in [2.45, 2.75) is 45.6 Å². The average molecular weight is 243 g/mol. The first-order valence-corrected chi connectivity index (χ1v) is 5.97. The Labute approximate surface area is 102 Å². The summed E-state index contributed by atoms with van der Waals surface area (Å²) in [6.07, 6.45) is 1.79. The van der Waals surface area contributed by atoms with Crippen molar-refractivity contribution in [3.05, 3.63) is 0 Å². The lowest BCUT2D eigenvalue weighted by Gasteiger charge is -2.27. The number of nitrogens with zero attached hydrogens (tertiary/aromatic N) is 1. The van der Waals surface area contributed by atoms with Gasteiger partial charge in [0.25, 0.3) is 0 Å². The molecule has 1 aliphatic carbocycles. The van der Waals surface area contributed by atoms with E-state index in [-0.39, 0.29) is 13.0 Å². The van der Waals surface area contributed by atoms with Crippen LogP contribution < -0.4 is 0 Å². The van der Waals surface area contributed by atoms with Crippen molar-refractivity contribution in [1.82, 2.24) is 4.90 Å². The van der Waals surface area contributed by atoms with Gasteiger partial charge in [-0.15, -0.1) is 0 Å². The maximum Gasteiger partial charge on any atom is 0.410 e. The number of rotatable bonds is 5. The summed E-state index contributed by atoms with van der Waals surface area (Å²) in [5.74, 6) is -0.370. The quantitative estimate of drug-likeness (QED) is 0.803. The Balaban J connectivity index is 2.48. The summed E-state index contributed by atoms with van der Waals surface area (Å²) in [6.45, 7) is 6.25. The van der Waals surface area contributed by atoms with Gasteiger partial charge in [0.2, 0.25) is 0 Å². The minimum absolute atomic E-state index is 0.0358. The van der Waals surface area contributed by atoms with E-state index in [9.17, 15) is 9.59 Å². The first kappa shape index (κ1) is 13.8. The van der Waals surface area contributed by atoms with Gasteiger partial charge in [0.15, 0.2) is 0 Å². The van der Waals surface area contributed by atoms with Gasteiger partial charge in [-0.25, -0.2) is 4.79 Å². The second kappa shape index (κ2) is 5.38. The lowest BCUT2D eigenvalue weighted by atomic mass is 10.2. The Kier molecular flexibility index (Phi) is 4.37. The molecule has 0 radical (unpaired) electrons. The third-order valence-corrected chi connectivity index (χ3v) is 2.42. The molecule has 0 aromatic heterocycles. The van der Waals surface area contributed by atoms with Crippen molar-refractivity contribution in [2.24, 2.45) is 5.92 Å². The highest BCUT2D eigenvalue weighted by molar-refractivity contribution is 5.70. The van der Waals surface area contributed by atoms with Crippen LogP contribution >= 0.6 is 0 Å². The van der Waals surface area contributed by atoms with Crippen molar-refractivity contribution < 1.29 is 19.4 Å². The number of carboxylic acids is 1. The minimum Gasteiger partial charge on any atom is -0.481 e. The van der Waals surface area contributed by atoms with E-state index in [1.807, 2.05) is 0 Å². The van der Waals surface area contributed by atoms with Crippen molar-refractivity contribution in [3.63, 3.8) is 0 Å². The van der Waals surface area contributed by atoms with Gasteiger partial charge < -0.3 is 14.7 Å². The van der Waals surface area contributed by atoms with Crippen LogP contribution in [0.5, 0.6) is 0 Å². The zero-order valence-electron chi connectivity index (χ0n) is 10.7. The van der Waals surface area contributed by atoms with Crippen LogP contribution in [0.2, 0.25) is 0 Å². The molecule has 0 atom stereocenters. The SMILES string of the molecule is CC(C)(C)OC(=O)N(CCC(=O)O)CC1CC1. The molecule has 0 heterocycles. The molecule has 1 saturated carbocycles. The fraction of sp³-hybridized carbons (Fsp3) is 0.833. The molecule has 0 aliphatic heterocycles. The van der Waals surface area contributed by atoms with Crippen LogP contribution in [0.1, 0.15) is 40.0 Å². The van der Waals surface area contributed by atoms with E-state index in [1.54, 1.807) is 20.8 Å². The van der Waals surface area contributed by atoms with E-state index in [4.69, 9.17) is 9.84 Å². The molecule has 0 bridgehead atoms. The van der Waals surface area contributed by atoms with E-state index in [2.05, 4.69) is 0 Å². The standard InChI is InChI=1S/C12H21NO4/c1-12(2,3)17-11(16)13(7-6-10(14)15)8-9-4-5-9/h9H,4-8H2,1-3H3,(H,14,15). The normalized spacial score (nSPS) is 15.5. The summed E-state index contributed by atoms with van der Waals surface area (Å²) in [6, 6.07) is 0. The zero-order valence-corrected chi connectivity index (χ0v) is 10.7. The molecule has 5 nitrogen and oxygen atoms in total. The monoisotopic (exact) mass is 243 g/mol. The van der Waals surface area contributed by atoms with Gasteiger partial charge in [0.05, 0.1) is 6.42 Å². The Hall–Kier alpha value is -1.26. The molecule has 0 spiro atoms. The number of carboxylic acid groups (broad SMARTS) is 1. The Morgan fingerprint density at radius 2 is 1.94 bits per heavy atom. The maximum atomic E-state index is 11.8. The van der Waals surface area contributed by atoms with Crippen LogP contribution in [-0.4, -0.2) is 40.8 Å². The van der Waals surface area contributed by atoms with E-state index in [0.29, 0.717) is 12.5 Å². The molecule has 0 saturated heterocycles. The second-order valence-electron chi connectivity index (χ2n) is 5.51. The second-order valence-corrected chi connectivity index (χ2v) is 5.51. The summed E-state index contributed by atoms with van der Waals surface area (Å²) >= 11 is 0. The third-order valence-electron chi connectivity index (χ3n) is 2.42. The molecule has 1 aliphatic rings. The summed E-state index contributed by atoms with van der Waals surface area (Å²) in [5, 5.41) is 8.65. The van der Waals surface area contributed by atoms with Crippen molar-refractivity contribution in [2.75, 3.05) is 13.1 Å². The minimum atomic E-state index is -0.894. The number of hydrogen-bond acceptors (Lipinski definition) is 3. The third kappa shape index (κ3) is 6.14. The first-order chi connectivity index (χ1) is 7.78. The van der Waals surface area contributed by atoms with Crippen LogP contribution in [0.3, 0.4) is 0 Å². The van der Waals surface area contributed by atoms with E-state index < -0.39 is 17.7 Å². The Morgan fingerprint density at radius 3 is 2.35 bits per heavy atom. The van der Waals surface area contributed by atoms with Crippen LogP contribution in [-0.2, 0) is 9.53 Å². The molecule has 1 rings (SSSR count). The number of carbonyl (C=O) groups is 2. The molecule has 1 N–H and O–H groups in total. The summed E-state index contributed by atoms with van der Waals surface area (Å²) in [7, 11) is 0. The Bertz CT molecular complexity index is 291. The molecule has 0 unspecified atom stereocenters. The fourth-order valence-electron chi connectivity index (χ4n) is 1.43. The smallest absolute Gasteiger partial charge is 0.410 e. The van der Waals surface area contributed by atoms with Gasteiger partial charge in [-0.3, -0.25) is 4.79 Å². The zero-order chi connectivity index (χ0) is 13.1. The van der Waals surface area contributed by atoms with Crippen LogP contribution in [0.25, 0.3) is 0 Å². The molecule has 1 amide bonds. The number of hydrogen-bond donors (Lipinski definition) is 1. The van der Waals surface area contributed by atoms with E-state index in [1.165, 1.54) is 4.90 Å². The van der Waals surface area contributed by atoms with Gasteiger partial charge in [-0.1, -0.05) is 0 Å². The lowest BCUT2D eigenvalue weighted by molar-refractivity contribution is -0.137. The molecule has 5 heteroatoms. The van der Waals surface area contributed by atoms with Crippen molar-refractivity contribution in [3.8, 4) is 0 Å². The van der Waals surface area contributed by atoms with Crippen LogP contribution in [0, 0.1) is 5.92 Å². The number of ether oxygens (including phenoxy) is 1.